The number of phenols is 1. The summed E-state index contributed by atoms with van der Waals surface area (Å²) < 4.78 is 5.35. The minimum atomic E-state index is -0.264. The molecule has 1 aromatic rings. The number of aliphatic hydroxyl groups excluding tert-OH is 1. The highest BCUT2D eigenvalue weighted by atomic mass is 16.5. The van der Waals surface area contributed by atoms with Gasteiger partial charge in [-0.2, -0.15) is 0 Å². The van der Waals surface area contributed by atoms with Gasteiger partial charge in [0, 0.05) is 22.9 Å². The number of likely N-dealkylation sites (tertiary alicyclic amines) is 1. The minimum absolute atomic E-state index is 0.0823. The Hall–Kier alpha value is -1.26. The highest BCUT2D eigenvalue weighted by Gasteiger charge is 2.57. The number of ether oxygens (including phenoxy) is 1. The van der Waals surface area contributed by atoms with Crippen molar-refractivity contribution in [1.82, 2.24) is 4.90 Å². The van der Waals surface area contributed by atoms with Gasteiger partial charge in [-0.1, -0.05) is 6.07 Å². The third kappa shape index (κ3) is 1.71. The lowest BCUT2D eigenvalue weighted by Crippen LogP contribution is -2.63. The monoisotopic (exact) mass is 303 g/mol. The smallest absolute Gasteiger partial charge is 0.161 e. The van der Waals surface area contributed by atoms with Crippen LogP contribution >= 0.6 is 0 Å². The lowest BCUT2D eigenvalue weighted by Gasteiger charge is -2.59. The Bertz CT molecular complexity index is 602. The Labute approximate surface area is 131 Å². The molecule has 4 atom stereocenters. The Balaban J connectivity index is 1.95. The van der Waals surface area contributed by atoms with Gasteiger partial charge in [-0.05, 0) is 57.3 Å². The highest BCUT2D eigenvalue weighted by molar-refractivity contribution is 5.56. The van der Waals surface area contributed by atoms with Crippen LogP contribution in [0.5, 0.6) is 11.5 Å². The van der Waals surface area contributed by atoms with Gasteiger partial charge in [-0.15, -0.1) is 0 Å². The van der Waals surface area contributed by atoms with Gasteiger partial charge < -0.3 is 19.8 Å². The summed E-state index contributed by atoms with van der Waals surface area (Å²) in [5.74, 6) is 1.09. The molecule has 4 nitrogen and oxygen atoms in total. The lowest BCUT2D eigenvalue weighted by molar-refractivity contribution is -0.0754. The first-order valence-electron chi connectivity index (χ1n) is 8.36. The number of phenolic OH excluding ortho intramolecular Hbond substituents is 1. The van der Waals surface area contributed by atoms with Crippen molar-refractivity contribution in [2.45, 2.75) is 49.7 Å². The van der Waals surface area contributed by atoms with Crippen LogP contribution in [0.1, 0.15) is 36.8 Å². The lowest BCUT2D eigenvalue weighted by atomic mass is 9.51. The number of aliphatic hydroxyl groups is 1. The van der Waals surface area contributed by atoms with Crippen molar-refractivity contribution in [3.8, 4) is 11.5 Å². The number of piperidine rings is 1. The third-order valence-electron chi connectivity index (χ3n) is 6.44. The Morgan fingerprint density at radius 2 is 2.14 bits per heavy atom. The molecule has 0 unspecified atom stereocenters. The van der Waals surface area contributed by atoms with Crippen molar-refractivity contribution in [1.29, 1.82) is 0 Å². The maximum atomic E-state index is 10.8. The van der Waals surface area contributed by atoms with Gasteiger partial charge in [0.15, 0.2) is 11.5 Å². The largest absolute Gasteiger partial charge is 0.504 e. The summed E-state index contributed by atoms with van der Waals surface area (Å²) in [6.07, 6.45) is 4.64. The average molecular weight is 303 g/mol. The van der Waals surface area contributed by atoms with Gasteiger partial charge in [0.05, 0.1) is 13.2 Å². The molecule has 1 heterocycles. The van der Waals surface area contributed by atoms with Gasteiger partial charge >= 0.3 is 0 Å². The van der Waals surface area contributed by atoms with Crippen LogP contribution in [0.15, 0.2) is 12.1 Å². The summed E-state index contributed by atoms with van der Waals surface area (Å²) >= 11 is 0. The van der Waals surface area contributed by atoms with E-state index in [9.17, 15) is 10.2 Å². The van der Waals surface area contributed by atoms with E-state index in [1.54, 1.807) is 7.11 Å². The van der Waals surface area contributed by atoms with E-state index in [2.05, 4.69) is 18.0 Å². The van der Waals surface area contributed by atoms with E-state index in [0.717, 1.165) is 44.2 Å². The quantitative estimate of drug-likeness (QED) is 0.834. The number of methoxy groups -OCH3 is 1. The van der Waals surface area contributed by atoms with Crippen molar-refractivity contribution < 1.29 is 14.9 Å². The van der Waals surface area contributed by atoms with Crippen LogP contribution in [0.3, 0.4) is 0 Å². The number of fused-ring (bicyclic) bond motifs is 1. The molecule has 2 fully saturated rings. The maximum absolute atomic E-state index is 10.8. The predicted octanol–water partition coefficient (Wildman–Crippen LogP) is 2.06. The maximum Gasteiger partial charge on any atom is 0.161 e. The Kier molecular flexibility index (Phi) is 3.17. The normalized spacial score (nSPS) is 37.3. The van der Waals surface area contributed by atoms with Crippen LogP contribution in [0.2, 0.25) is 0 Å². The number of rotatable bonds is 1. The molecule has 1 saturated carbocycles. The van der Waals surface area contributed by atoms with E-state index >= 15 is 0 Å². The molecule has 1 aliphatic heterocycles. The van der Waals surface area contributed by atoms with Crippen LogP contribution in [-0.2, 0) is 11.8 Å². The topological polar surface area (TPSA) is 52.9 Å². The van der Waals surface area contributed by atoms with E-state index < -0.39 is 0 Å². The number of hydrogen-bond acceptors (Lipinski definition) is 4. The van der Waals surface area contributed by atoms with Crippen LogP contribution in [0.4, 0.5) is 0 Å². The van der Waals surface area contributed by atoms with Gasteiger partial charge in [0.1, 0.15) is 0 Å². The molecule has 4 rings (SSSR count). The van der Waals surface area contributed by atoms with E-state index in [1.807, 2.05) is 6.07 Å². The van der Waals surface area contributed by atoms with Gasteiger partial charge in [0.2, 0.25) is 0 Å². The van der Waals surface area contributed by atoms with E-state index in [0.29, 0.717) is 17.5 Å². The van der Waals surface area contributed by atoms with Crippen molar-refractivity contribution in [3.63, 3.8) is 0 Å². The van der Waals surface area contributed by atoms with Crippen LogP contribution in [-0.4, -0.2) is 48.0 Å². The average Bonchev–Trinajstić information content (AvgIpc) is 2.51. The second kappa shape index (κ2) is 4.87. The summed E-state index contributed by atoms with van der Waals surface area (Å²) in [6.45, 7) is 1.03. The molecule has 120 valence electrons. The molecule has 4 heteroatoms. The molecule has 0 aromatic heterocycles. The van der Waals surface area contributed by atoms with Crippen molar-refractivity contribution in [2.75, 3.05) is 20.7 Å². The zero-order valence-electron chi connectivity index (χ0n) is 13.4. The Morgan fingerprint density at radius 1 is 1.32 bits per heavy atom. The molecule has 2 aliphatic carbocycles. The van der Waals surface area contributed by atoms with Crippen molar-refractivity contribution in [2.24, 2.45) is 5.92 Å². The van der Waals surface area contributed by atoms with Crippen molar-refractivity contribution >= 4 is 0 Å². The minimum Gasteiger partial charge on any atom is -0.504 e. The first-order chi connectivity index (χ1) is 10.6. The van der Waals surface area contributed by atoms with Crippen LogP contribution in [0, 0.1) is 5.92 Å². The molecule has 0 spiro atoms. The highest BCUT2D eigenvalue weighted by Crippen LogP contribution is 2.58. The van der Waals surface area contributed by atoms with Gasteiger partial charge in [-0.3, -0.25) is 0 Å². The molecule has 1 saturated heterocycles. The molecule has 22 heavy (non-hydrogen) atoms. The molecular formula is C18H25NO3. The third-order valence-corrected chi connectivity index (χ3v) is 6.44. The summed E-state index contributed by atoms with van der Waals surface area (Å²) in [7, 11) is 3.77. The van der Waals surface area contributed by atoms with E-state index in [-0.39, 0.29) is 17.4 Å². The molecule has 0 amide bonds. The molecule has 1 aromatic carbocycles. The first-order valence-corrected chi connectivity index (χ1v) is 8.36. The number of likely N-dealkylation sites (N-methyl/N-ethyl adjacent to an activating group) is 1. The molecule has 2 bridgehead atoms. The Morgan fingerprint density at radius 3 is 2.91 bits per heavy atom. The molecular weight excluding hydrogens is 278 g/mol. The summed E-state index contributed by atoms with van der Waals surface area (Å²) in [6, 6.07) is 4.36. The van der Waals surface area contributed by atoms with Gasteiger partial charge in [0.25, 0.3) is 0 Å². The number of nitrogens with zero attached hydrogens (tertiary/aromatic N) is 1. The number of aromatic hydroxyl groups is 1. The standard InChI is InChI=1S/C18H25NO3/c1-19-9-8-18-7-3-4-13(20)16(18)12(19)10-11-5-6-14(22-2)17(21)15(11)18/h5-6,12-13,16,20-21H,3-4,7-10H2,1-2H3/t12-,13+,16-,18+/m1/s1. The van der Waals surface area contributed by atoms with Crippen LogP contribution < -0.4 is 4.74 Å². The fraction of sp³-hybridized carbons (Fsp3) is 0.667. The summed E-state index contributed by atoms with van der Waals surface area (Å²) in [5, 5.41) is 21.5. The predicted molar refractivity (Wildman–Crippen MR) is 84.4 cm³/mol. The molecule has 3 aliphatic rings. The van der Waals surface area contributed by atoms with Crippen LogP contribution in [0.25, 0.3) is 0 Å². The van der Waals surface area contributed by atoms with E-state index in [4.69, 9.17) is 4.74 Å². The fourth-order valence-corrected chi connectivity index (χ4v) is 5.50. The fourth-order valence-electron chi connectivity index (χ4n) is 5.50. The summed E-state index contributed by atoms with van der Waals surface area (Å²) in [5.41, 5.74) is 2.22. The van der Waals surface area contributed by atoms with Gasteiger partial charge in [-0.25, -0.2) is 0 Å². The first kappa shape index (κ1) is 14.3. The second-order valence-electron chi connectivity index (χ2n) is 7.29. The number of hydrogen-bond donors (Lipinski definition) is 2. The SMILES string of the molecule is COc1ccc2c(c1O)[C@@]13CCC[C@H](O)[C@H]1[C@@H](C2)N(C)CC3. The second-order valence-corrected chi connectivity index (χ2v) is 7.29. The van der Waals surface area contributed by atoms with Crippen molar-refractivity contribution in [3.05, 3.63) is 23.3 Å². The van der Waals surface area contributed by atoms with E-state index in [1.165, 1.54) is 5.56 Å². The molecule has 0 radical (unpaired) electrons. The molecule has 2 N–H and O–H groups in total. The number of benzene rings is 1. The zero-order chi connectivity index (χ0) is 15.5. The zero-order valence-corrected chi connectivity index (χ0v) is 13.4. The summed E-state index contributed by atoms with van der Waals surface area (Å²) in [4.78, 5) is 2.40.